The van der Waals surface area contributed by atoms with Crippen molar-refractivity contribution in [1.29, 1.82) is 0 Å². The lowest BCUT2D eigenvalue weighted by Crippen LogP contribution is -2.43. The third kappa shape index (κ3) is 4.83. The number of hydrogen-bond acceptors (Lipinski definition) is 2. The van der Waals surface area contributed by atoms with Crippen LogP contribution >= 0.6 is 23.2 Å². The van der Waals surface area contributed by atoms with E-state index in [-0.39, 0.29) is 29.6 Å². The van der Waals surface area contributed by atoms with Crippen molar-refractivity contribution in [2.24, 2.45) is 5.92 Å². The molecule has 148 valence electrons. The highest BCUT2D eigenvalue weighted by atomic mass is 35.5. The SMILES string of the molecule is CC(NC(=O)C1CCN(C(=O)c2ccc(F)cc2)CC1)c1ccc(Cl)cc1Cl. The molecule has 3 rings (SSSR count). The highest BCUT2D eigenvalue weighted by Gasteiger charge is 2.28. The number of amides is 2. The Hall–Kier alpha value is -2.11. The van der Waals surface area contributed by atoms with Crippen LogP contribution in [0.4, 0.5) is 4.39 Å². The molecule has 1 N–H and O–H groups in total. The van der Waals surface area contributed by atoms with Gasteiger partial charge in [-0.05, 0) is 61.7 Å². The van der Waals surface area contributed by atoms with E-state index in [0.29, 0.717) is 41.5 Å². The molecule has 1 heterocycles. The van der Waals surface area contributed by atoms with Gasteiger partial charge < -0.3 is 10.2 Å². The topological polar surface area (TPSA) is 49.4 Å². The lowest BCUT2D eigenvalue weighted by molar-refractivity contribution is -0.126. The van der Waals surface area contributed by atoms with E-state index in [1.807, 2.05) is 6.92 Å². The number of benzene rings is 2. The summed E-state index contributed by atoms with van der Waals surface area (Å²) in [6, 6.07) is 10.5. The average molecular weight is 423 g/mol. The summed E-state index contributed by atoms with van der Waals surface area (Å²) in [5.74, 6) is -0.722. The molecular weight excluding hydrogens is 402 g/mol. The molecule has 1 aliphatic rings. The zero-order chi connectivity index (χ0) is 20.3. The minimum Gasteiger partial charge on any atom is -0.349 e. The van der Waals surface area contributed by atoms with E-state index in [0.717, 1.165) is 5.56 Å². The molecule has 2 amide bonds. The number of carbonyl (C=O) groups is 2. The summed E-state index contributed by atoms with van der Waals surface area (Å²) in [4.78, 5) is 26.8. The van der Waals surface area contributed by atoms with Gasteiger partial charge in [0.25, 0.3) is 5.91 Å². The van der Waals surface area contributed by atoms with Crippen molar-refractivity contribution in [3.05, 3.63) is 69.5 Å². The Kier molecular flexibility index (Phi) is 6.57. The van der Waals surface area contributed by atoms with Crippen molar-refractivity contribution in [2.45, 2.75) is 25.8 Å². The lowest BCUT2D eigenvalue weighted by Gasteiger charge is -2.32. The van der Waals surface area contributed by atoms with Gasteiger partial charge in [-0.1, -0.05) is 29.3 Å². The molecule has 2 aromatic carbocycles. The molecule has 2 aromatic rings. The molecule has 1 unspecified atom stereocenters. The van der Waals surface area contributed by atoms with Crippen LogP contribution in [-0.2, 0) is 4.79 Å². The first-order valence-electron chi connectivity index (χ1n) is 9.15. The maximum Gasteiger partial charge on any atom is 0.253 e. The maximum absolute atomic E-state index is 13.0. The Labute approximate surface area is 173 Å². The van der Waals surface area contributed by atoms with Gasteiger partial charge in [-0.2, -0.15) is 0 Å². The predicted molar refractivity (Wildman–Crippen MR) is 108 cm³/mol. The minimum absolute atomic E-state index is 0.0487. The summed E-state index contributed by atoms with van der Waals surface area (Å²) in [6.07, 6.45) is 1.17. The molecule has 0 aromatic heterocycles. The monoisotopic (exact) mass is 422 g/mol. The van der Waals surface area contributed by atoms with Crippen LogP contribution in [0, 0.1) is 11.7 Å². The van der Waals surface area contributed by atoms with Gasteiger partial charge in [0.1, 0.15) is 5.82 Å². The number of halogens is 3. The fourth-order valence-electron chi connectivity index (χ4n) is 3.38. The number of piperidine rings is 1. The molecule has 1 fully saturated rings. The van der Waals surface area contributed by atoms with Crippen molar-refractivity contribution in [2.75, 3.05) is 13.1 Å². The Morgan fingerprint density at radius 2 is 1.75 bits per heavy atom. The first-order chi connectivity index (χ1) is 13.3. The summed E-state index contributed by atoms with van der Waals surface area (Å²) in [5.41, 5.74) is 1.26. The second-order valence-corrected chi connectivity index (χ2v) is 7.81. The van der Waals surface area contributed by atoms with Crippen LogP contribution in [0.3, 0.4) is 0 Å². The maximum atomic E-state index is 13.0. The summed E-state index contributed by atoms with van der Waals surface area (Å²) in [7, 11) is 0. The third-order valence-electron chi connectivity index (χ3n) is 5.03. The van der Waals surface area contributed by atoms with Gasteiger partial charge in [0, 0.05) is 34.6 Å². The minimum atomic E-state index is -0.373. The molecule has 28 heavy (non-hydrogen) atoms. The van der Waals surface area contributed by atoms with E-state index in [1.165, 1.54) is 24.3 Å². The summed E-state index contributed by atoms with van der Waals surface area (Å²) in [6.45, 7) is 2.86. The quantitative estimate of drug-likeness (QED) is 0.764. The largest absolute Gasteiger partial charge is 0.349 e. The Balaban J connectivity index is 1.54. The van der Waals surface area contributed by atoms with E-state index >= 15 is 0 Å². The van der Waals surface area contributed by atoms with Crippen LogP contribution < -0.4 is 5.32 Å². The zero-order valence-electron chi connectivity index (χ0n) is 15.4. The smallest absolute Gasteiger partial charge is 0.253 e. The van der Waals surface area contributed by atoms with Gasteiger partial charge in [-0.3, -0.25) is 9.59 Å². The van der Waals surface area contributed by atoms with Gasteiger partial charge in [-0.25, -0.2) is 4.39 Å². The number of hydrogen-bond donors (Lipinski definition) is 1. The van der Waals surface area contributed by atoms with Crippen LogP contribution in [0.2, 0.25) is 10.0 Å². The van der Waals surface area contributed by atoms with Crippen LogP contribution in [0.1, 0.15) is 41.7 Å². The van der Waals surface area contributed by atoms with Crippen molar-refractivity contribution < 1.29 is 14.0 Å². The van der Waals surface area contributed by atoms with Crippen LogP contribution in [-0.4, -0.2) is 29.8 Å². The number of nitrogens with one attached hydrogen (secondary N) is 1. The van der Waals surface area contributed by atoms with E-state index in [9.17, 15) is 14.0 Å². The first kappa shape index (κ1) is 20.6. The fourth-order valence-corrected chi connectivity index (χ4v) is 3.95. The highest BCUT2D eigenvalue weighted by molar-refractivity contribution is 6.35. The van der Waals surface area contributed by atoms with Gasteiger partial charge in [0.05, 0.1) is 6.04 Å². The third-order valence-corrected chi connectivity index (χ3v) is 5.59. The Morgan fingerprint density at radius 1 is 1.11 bits per heavy atom. The normalized spacial score (nSPS) is 15.9. The summed E-state index contributed by atoms with van der Waals surface area (Å²) < 4.78 is 13.0. The first-order valence-corrected chi connectivity index (χ1v) is 9.91. The second-order valence-electron chi connectivity index (χ2n) is 6.97. The zero-order valence-corrected chi connectivity index (χ0v) is 16.9. The van der Waals surface area contributed by atoms with Crippen molar-refractivity contribution in [1.82, 2.24) is 10.2 Å². The Morgan fingerprint density at radius 3 is 2.36 bits per heavy atom. The number of nitrogens with zero attached hydrogens (tertiary/aromatic N) is 1. The lowest BCUT2D eigenvalue weighted by atomic mass is 9.94. The van der Waals surface area contributed by atoms with E-state index in [4.69, 9.17) is 23.2 Å². The van der Waals surface area contributed by atoms with Crippen molar-refractivity contribution >= 4 is 35.0 Å². The molecule has 1 atom stereocenters. The molecule has 0 radical (unpaired) electrons. The molecule has 7 heteroatoms. The molecule has 0 bridgehead atoms. The number of likely N-dealkylation sites (tertiary alicyclic amines) is 1. The van der Waals surface area contributed by atoms with Gasteiger partial charge >= 0.3 is 0 Å². The van der Waals surface area contributed by atoms with Crippen LogP contribution in [0.25, 0.3) is 0 Å². The number of carbonyl (C=O) groups excluding carboxylic acids is 2. The van der Waals surface area contributed by atoms with Gasteiger partial charge in [0.15, 0.2) is 0 Å². The fraction of sp³-hybridized carbons (Fsp3) is 0.333. The van der Waals surface area contributed by atoms with E-state index in [1.54, 1.807) is 23.1 Å². The van der Waals surface area contributed by atoms with Crippen molar-refractivity contribution in [3.8, 4) is 0 Å². The van der Waals surface area contributed by atoms with Gasteiger partial charge in [0.2, 0.25) is 5.91 Å². The molecule has 4 nitrogen and oxygen atoms in total. The molecule has 0 spiro atoms. The highest BCUT2D eigenvalue weighted by Crippen LogP contribution is 2.27. The van der Waals surface area contributed by atoms with Crippen molar-refractivity contribution in [3.63, 3.8) is 0 Å². The molecule has 1 aliphatic heterocycles. The van der Waals surface area contributed by atoms with Crippen LogP contribution in [0.5, 0.6) is 0 Å². The predicted octanol–water partition coefficient (Wildman–Crippen LogP) is 4.86. The number of rotatable bonds is 4. The van der Waals surface area contributed by atoms with E-state index < -0.39 is 0 Å². The standard InChI is InChI=1S/C21H21Cl2FN2O2/c1-13(18-7-4-16(22)12-19(18)23)25-20(27)14-8-10-26(11-9-14)21(28)15-2-5-17(24)6-3-15/h2-7,12-14H,8-11H2,1H3,(H,25,27). The second kappa shape index (κ2) is 8.93. The molecular formula is C21H21Cl2FN2O2. The molecule has 1 saturated heterocycles. The Bertz CT molecular complexity index is 865. The van der Waals surface area contributed by atoms with E-state index in [2.05, 4.69) is 5.32 Å². The molecule has 0 saturated carbocycles. The average Bonchev–Trinajstić information content (AvgIpc) is 2.68. The summed E-state index contributed by atoms with van der Waals surface area (Å²) >= 11 is 12.1. The van der Waals surface area contributed by atoms with Crippen LogP contribution in [0.15, 0.2) is 42.5 Å². The summed E-state index contributed by atoms with van der Waals surface area (Å²) in [5, 5.41) is 4.06. The van der Waals surface area contributed by atoms with Gasteiger partial charge in [-0.15, -0.1) is 0 Å². The molecule has 0 aliphatic carbocycles.